The van der Waals surface area contributed by atoms with Gasteiger partial charge in [0, 0.05) is 34.8 Å². The highest BCUT2D eigenvalue weighted by molar-refractivity contribution is 9.10. The maximum absolute atomic E-state index is 13.7. The molecule has 2 aliphatic heterocycles. The number of nitro benzene ring substituents is 1. The van der Waals surface area contributed by atoms with Gasteiger partial charge in [-0.1, -0.05) is 52.3 Å². The molecule has 0 aromatic heterocycles. The van der Waals surface area contributed by atoms with Crippen LogP contribution < -0.4 is 5.32 Å². The lowest BCUT2D eigenvalue weighted by Gasteiger charge is -2.39. The SMILES string of the molecule is O=C(c1cccc2c1N[C@@H](c1ccc(Br)cc1)[C@H]1C[C@H](Sc3ccccc3[N+](=O)[O-])[C@@H](Cl)[C@@H]21)N1CCOCC1. The lowest BCUT2D eigenvalue weighted by Crippen LogP contribution is -2.41. The van der Waals surface area contributed by atoms with Gasteiger partial charge >= 0.3 is 0 Å². The zero-order chi connectivity index (χ0) is 27.1. The lowest BCUT2D eigenvalue weighted by atomic mass is 9.76. The van der Waals surface area contributed by atoms with Crippen LogP contribution in [-0.2, 0) is 4.74 Å². The van der Waals surface area contributed by atoms with E-state index in [0.717, 1.165) is 27.7 Å². The second-order valence-corrected chi connectivity index (χ2v) is 12.8. The van der Waals surface area contributed by atoms with Crippen LogP contribution in [0.5, 0.6) is 0 Å². The number of fused-ring (bicyclic) bond motifs is 3. The molecule has 1 saturated heterocycles. The third-order valence-corrected chi connectivity index (χ3v) is 10.6. The number of hydrogen-bond donors (Lipinski definition) is 1. The highest BCUT2D eigenvalue weighted by atomic mass is 79.9. The molecule has 0 radical (unpaired) electrons. The van der Waals surface area contributed by atoms with Gasteiger partial charge in [0.15, 0.2) is 0 Å². The molecule has 1 saturated carbocycles. The van der Waals surface area contributed by atoms with Crippen LogP contribution in [0.15, 0.2) is 76.1 Å². The molecule has 10 heteroatoms. The van der Waals surface area contributed by atoms with Gasteiger partial charge in [0.25, 0.3) is 11.6 Å². The van der Waals surface area contributed by atoms with Gasteiger partial charge in [-0.15, -0.1) is 23.4 Å². The first-order valence-electron chi connectivity index (χ1n) is 13.0. The fourth-order valence-corrected chi connectivity index (χ4v) is 8.34. The summed E-state index contributed by atoms with van der Waals surface area (Å²) in [6.07, 6.45) is 0.782. The Kier molecular flexibility index (Phi) is 7.59. The summed E-state index contributed by atoms with van der Waals surface area (Å²) in [7, 11) is 0. The van der Waals surface area contributed by atoms with Crippen molar-refractivity contribution in [3.05, 3.63) is 98.0 Å². The Bertz CT molecular complexity index is 1400. The van der Waals surface area contributed by atoms with Crippen molar-refractivity contribution in [1.29, 1.82) is 0 Å². The number of nitrogens with one attached hydrogen (secondary N) is 1. The molecule has 1 amide bonds. The van der Waals surface area contributed by atoms with E-state index in [2.05, 4.69) is 39.4 Å². The van der Waals surface area contributed by atoms with E-state index < -0.39 is 0 Å². The number of nitro groups is 1. The summed E-state index contributed by atoms with van der Waals surface area (Å²) >= 11 is 12.3. The molecule has 2 heterocycles. The van der Waals surface area contributed by atoms with E-state index in [0.29, 0.717) is 36.8 Å². The molecule has 202 valence electrons. The first-order chi connectivity index (χ1) is 18.9. The second kappa shape index (κ2) is 11.1. The Morgan fingerprint density at radius 3 is 2.56 bits per heavy atom. The van der Waals surface area contributed by atoms with E-state index >= 15 is 0 Å². The fraction of sp³-hybridized carbons (Fsp3) is 0.345. The molecular weight excluding hydrogens is 602 g/mol. The van der Waals surface area contributed by atoms with Gasteiger partial charge in [0.05, 0.1) is 45.7 Å². The number of carbonyl (C=O) groups excluding carboxylic acids is 1. The van der Waals surface area contributed by atoms with E-state index in [9.17, 15) is 14.9 Å². The van der Waals surface area contributed by atoms with Crippen molar-refractivity contribution in [1.82, 2.24) is 4.90 Å². The molecule has 2 fully saturated rings. The third-order valence-electron chi connectivity index (χ3n) is 7.95. The normalized spacial score (nSPS) is 25.9. The van der Waals surface area contributed by atoms with Crippen molar-refractivity contribution in [2.24, 2.45) is 5.92 Å². The molecule has 3 aromatic rings. The number of morpholine rings is 1. The van der Waals surface area contributed by atoms with Crippen molar-refractivity contribution < 1.29 is 14.5 Å². The van der Waals surface area contributed by atoms with Crippen LogP contribution in [0.1, 0.15) is 39.9 Å². The molecule has 0 bridgehead atoms. The van der Waals surface area contributed by atoms with Gasteiger partial charge in [0.2, 0.25) is 0 Å². The highest BCUT2D eigenvalue weighted by Crippen LogP contribution is 2.58. The highest BCUT2D eigenvalue weighted by Gasteiger charge is 2.51. The number of halogens is 2. The number of rotatable bonds is 5. The minimum atomic E-state index is -0.335. The van der Waals surface area contributed by atoms with Crippen LogP contribution in [0, 0.1) is 16.0 Å². The number of thioether (sulfide) groups is 1. The molecule has 39 heavy (non-hydrogen) atoms. The van der Waals surface area contributed by atoms with E-state index in [1.807, 2.05) is 35.2 Å². The average molecular weight is 629 g/mol. The van der Waals surface area contributed by atoms with E-state index in [4.69, 9.17) is 16.3 Å². The van der Waals surface area contributed by atoms with Crippen LogP contribution in [0.2, 0.25) is 0 Å². The number of para-hydroxylation sites is 2. The monoisotopic (exact) mass is 627 g/mol. The summed E-state index contributed by atoms with van der Waals surface area (Å²) in [4.78, 5) is 27.5. The van der Waals surface area contributed by atoms with Gasteiger partial charge in [-0.05, 0) is 47.7 Å². The molecule has 7 nitrogen and oxygen atoms in total. The van der Waals surface area contributed by atoms with E-state index in [-0.39, 0.29) is 45.0 Å². The molecule has 0 unspecified atom stereocenters. The number of benzene rings is 3. The van der Waals surface area contributed by atoms with Gasteiger partial charge in [-0.3, -0.25) is 14.9 Å². The average Bonchev–Trinajstić information content (AvgIpc) is 3.29. The summed E-state index contributed by atoms with van der Waals surface area (Å²) in [6.45, 7) is 2.21. The largest absolute Gasteiger partial charge is 0.378 e. The van der Waals surface area contributed by atoms with Gasteiger partial charge in [-0.25, -0.2) is 0 Å². The number of alkyl halides is 1. The van der Waals surface area contributed by atoms with Gasteiger partial charge < -0.3 is 15.0 Å². The smallest absolute Gasteiger partial charge is 0.282 e. The topological polar surface area (TPSA) is 84.7 Å². The Hall–Kier alpha value is -2.59. The Morgan fingerprint density at radius 1 is 1.08 bits per heavy atom. The number of hydrogen-bond acceptors (Lipinski definition) is 6. The first-order valence-corrected chi connectivity index (χ1v) is 15.1. The molecule has 6 rings (SSSR count). The molecule has 3 aromatic carbocycles. The Balaban J connectivity index is 1.40. The fourth-order valence-electron chi connectivity index (χ4n) is 6.13. The lowest BCUT2D eigenvalue weighted by molar-refractivity contribution is -0.387. The molecule has 1 aliphatic carbocycles. The van der Waals surface area contributed by atoms with Crippen LogP contribution in [0.25, 0.3) is 0 Å². The van der Waals surface area contributed by atoms with E-state index in [1.165, 1.54) is 11.8 Å². The van der Waals surface area contributed by atoms with Crippen molar-refractivity contribution in [2.75, 3.05) is 31.6 Å². The molecular formula is C29H27BrClN3O4S. The van der Waals surface area contributed by atoms with Crippen molar-refractivity contribution in [2.45, 2.75) is 33.9 Å². The number of nitrogens with zero attached hydrogens (tertiary/aromatic N) is 2. The summed E-state index contributed by atoms with van der Waals surface area (Å²) in [6, 6.07) is 20.9. The minimum absolute atomic E-state index is 0.00869. The number of carbonyl (C=O) groups is 1. The van der Waals surface area contributed by atoms with Crippen LogP contribution >= 0.6 is 39.3 Å². The van der Waals surface area contributed by atoms with Crippen molar-refractivity contribution in [3.63, 3.8) is 0 Å². The van der Waals surface area contributed by atoms with Crippen LogP contribution in [-0.4, -0.2) is 52.7 Å². The molecule has 1 N–H and O–H groups in total. The minimum Gasteiger partial charge on any atom is -0.378 e. The maximum atomic E-state index is 13.7. The first kappa shape index (κ1) is 26.6. The zero-order valence-electron chi connectivity index (χ0n) is 21.0. The van der Waals surface area contributed by atoms with Crippen LogP contribution in [0.3, 0.4) is 0 Å². The van der Waals surface area contributed by atoms with Gasteiger partial charge in [0.1, 0.15) is 0 Å². The summed E-state index contributed by atoms with van der Waals surface area (Å²) in [5.41, 5.74) is 3.74. The standard InChI is InChI=1S/C29H27BrClN3O4S/c30-18-10-8-17(9-11-18)27-21-16-24(39-23-7-2-1-6-22(23)34(36)37)26(31)25(21)19-4-3-5-20(28(19)32-27)29(35)33-12-14-38-15-13-33/h1-11,21,24-27,32H,12-16H2/t21-,24-,25-,26+,27-/m0/s1. The number of amides is 1. The van der Waals surface area contributed by atoms with Crippen LogP contribution in [0.4, 0.5) is 11.4 Å². The van der Waals surface area contributed by atoms with Gasteiger partial charge in [-0.2, -0.15) is 0 Å². The number of anilines is 1. The molecule has 0 spiro atoms. The molecule has 3 aliphatic rings. The summed E-state index contributed by atoms with van der Waals surface area (Å²) in [5.74, 6) is 0.120. The molecule has 5 atom stereocenters. The second-order valence-electron chi connectivity index (χ2n) is 10.1. The third kappa shape index (κ3) is 5.06. The Morgan fingerprint density at radius 2 is 1.82 bits per heavy atom. The summed E-state index contributed by atoms with van der Waals surface area (Å²) in [5, 5.41) is 15.1. The van der Waals surface area contributed by atoms with Crippen molar-refractivity contribution in [3.8, 4) is 0 Å². The predicted octanol–water partition coefficient (Wildman–Crippen LogP) is 6.87. The number of ether oxygens (including phenoxy) is 1. The summed E-state index contributed by atoms with van der Waals surface area (Å²) < 4.78 is 6.46. The Labute approximate surface area is 244 Å². The van der Waals surface area contributed by atoms with Crippen molar-refractivity contribution >= 4 is 56.6 Å². The quantitative estimate of drug-likeness (QED) is 0.189. The van der Waals surface area contributed by atoms with E-state index in [1.54, 1.807) is 18.2 Å². The predicted molar refractivity (Wildman–Crippen MR) is 157 cm³/mol. The maximum Gasteiger partial charge on any atom is 0.282 e. The zero-order valence-corrected chi connectivity index (χ0v) is 24.1.